The lowest BCUT2D eigenvalue weighted by Gasteiger charge is -2.04. The van der Waals surface area contributed by atoms with E-state index in [2.05, 4.69) is 23.8 Å². The molecule has 2 N–H and O–H groups in total. The molecule has 2 aromatic heterocycles. The SMILES string of the molecule is CC(C)CCSCc1nc(N)c2ccsc2n1. The summed E-state index contributed by atoms with van der Waals surface area (Å²) in [7, 11) is 0. The Bertz CT molecular complexity index is 493. The highest BCUT2D eigenvalue weighted by Crippen LogP contribution is 2.24. The van der Waals surface area contributed by atoms with Crippen molar-refractivity contribution in [3.8, 4) is 0 Å². The lowest BCUT2D eigenvalue weighted by Crippen LogP contribution is -1.99. The molecule has 2 aromatic rings. The van der Waals surface area contributed by atoms with Crippen LogP contribution in [0.3, 0.4) is 0 Å². The van der Waals surface area contributed by atoms with Crippen molar-refractivity contribution < 1.29 is 0 Å². The van der Waals surface area contributed by atoms with Crippen molar-refractivity contribution in [1.82, 2.24) is 9.97 Å². The predicted octanol–water partition coefficient (Wildman–Crippen LogP) is 3.55. The molecule has 0 aliphatic rings. The second kappa shape index (κ2) is 5.69. The van der Waals surface area contributed by atoms with Crippen LogP contribution in [0.2, 0.25) is 0 Å². The zero-order valence-electron chi connectivity index (χ0n) is 10.1. The van der Waals surface area contributed by atoms with Crippen molar-refractivity contribution in [2.45, 2.75) is 26.0 Å². The molecule has 0 spiro atoms. The summed E-state index contributed by atoms with van der Waals surface area (Å²) in [4.78, 5) is 9.86. The molecule has 17 heavy (non-hydrogen) atoms. The van der Waals surface area contributed by atoms with Crippen molar-refractivity contribution in [2.24, 2.45) is 5.92 Å². The number of hydrogen-bond donors (Lipinski definition) is 1. The fraction of sp³-hybridized carbons (Fsp3) is 0.500. The van der Waals surface area contributed by atoms with E-state index in [0.717, 1.165) is 33.5 Å². The number of thiophene rings is 1. The number of aromatic nitrogens is 2. The number of nitrogens with two attached hydrogens (primary N) is 1. The first-order chi connectivity index (χ1) is 8.16. The quantitative estimate of drug-likeness (QED) is 0.842. The first-order valence-corrected chi connectivity index (χ1v) is 7.77. The highest BCUT2D eigenvalue weighted by Gasteiger charge is 2.06. The Hall–Kier alpha value is -0.810. The Morgan fingerprint density at radius 1 is 1.41 bits per heavy atom. The second-order valence-corrected chi connectivity index (χ2v) is 6.40. The lowest BCUT2D eigenvalue weighted by atomic mass is 10.2. The van der Waals surface area contributed by atoms with Gasteiger partial charge >= 0.3 is 0 Å². The Morgan fingerprint density at radius 2 is 2.24 bits per heavy atom. The molecule has 0 unspecified atom stereocenters. The molecule has 0 radical (unpaired) electrons. The zero-order chi connectivity index (χ0) is 12.3. The molecule has 0 amide bonds. The van der Waals surface area contributed by atoms with Crippen LogP contribution >= 0.6 is 23.1 Å². The normalized spacial score (nSPS) is 11.5. The highest BCUT2D eigenvalue weighted by molar-refractivity contribution is 7.98. The van der Waals surface area contributed by atoms with Gasteiger partial charge < -0.3 is 5.73 Å². The molecule has 0 saturated heterocycles. The molecule has 2 rings (SSSR count). The highest BCUT2D eigenvalue weighted by atomic mass is 32.2. The van der Waals surface area contributed by atoms with Gasteiger partial charge in [-0.3, -0.25) is 0 Å². The Kier molecular flexibility index (Phi) is 4.23. The van der Waals surface area contributed by atoms with E-state index in [9.17, 15) is 0 Å². The summed E-state index contributed by atoms with van der Waals surface area (Å²) < 4.78 is 0. The first kappa shape index (κ1) is 12.6. The van der Waals surface area contributed by atoms with Crippen LogP contribution in [0.5, 0.6) is 0 Å². The van der Waals surface area contributed by atoms with E-state index in [4.69, 9.17) is 5.73 Å². The monoisotopic (exact) mass is 267 g/mol. The molecule has 0 aliphatic carbocycles. The molecule has 92 valence electrons. The number of rotatable bonds is 5. The minimum atomic E-state index is 0.607. The summed E-state index contributed by atoms with van der Waals surface area (Å²) in [6, 6.07) is 1.98. The summed E-state index contributed by atoms with van der Waals surface area (Å²) in [5.41, 5.74) is 5.90. The smallest absolute Gasteiger partial charge is 0.142 e. The molecule has 2 heterocycles. The fourth-order valence-electron chi connectivity index (χ4n) is 1.47. The summed E-state index contributed by atoms with van der Waals surface area (Å²) in [5, 5.41) is 2.98. The molecule has 3 nitrogen and oxygen atoms in total. The van der Waals surface area contributed by atoms with Gasteiger partial charge in [0, 0.05) is 0 Å². The van der Waals surface area contributed by atoms with E-state index in [1.165, 1.54) is 6.42 Å². The maximum Gasteiger partial charge on any atom is 0.142 e. The van der Waals surface area contributed by atoms with Crippen molar-refractivity contribution in [3.05, 3.63) is 17.3 Å². The first-order valence-electron chi connectivity index (χ1n) is 5.74. The van der Waals surface area contributed by atoms with Crippen LogP contribution in [-0.2, 0) is 5.75 Å². The summed E-state index contributed by atoms with van der Waals surface area (Å²) in [6.45, 7) is 4.49. The van der Waals surface area contributed by atoms with Crippen LogP contribution in [0, 0.1) is 5.92 Å². The molecule has 0 saturated carbocycles. The molecular formula is C12H17N3S2. The van der Waals surface area contributed by atoms with E-state index in [0.29, 0.717) is 5.82 Å². The number of hydrogen-bond acceptors (Lipinski definition) is 5. The van der Waals surface area contributed by atoms with Gasteiger partial charge in [0.25, 0.3) is 0 Å². The molecule has 0 bridgehead atoms. The number of nitrogen functional groups attached to an aromatic ring is 1. The molecule has 0 aromatic carbocycles. The van der Waals surface area contributed by atoms with Crippen molar-refractivity contribution in [1.29, 1.82) is 0 Å². The number of thioether (sulfide) groups is 1. The van der Waals surface area contributed by atoms with Gasteiger partial charge in [0.15, 0.2) is 0 Å². The predicted molar refractivity (Wildman–Crippen MR) is 77.4 cm³/mol. The molecule has 0 atom stereocenters. The largest absolute Gasteiger partial charge is 0.383 e. The van der Waals surface area contributed by atoms with E-state index in [1.54, 1.807) is 11.3 Å². The van der Waals surface area contributed by atoms with Crippen molar-refractivity contribution >= 4 is 39.1 Å². The van der Waals surface area contributed by atoms with Gasteiger partial charge in [0.05, 0.1) is 11.1 Å². The number of anilines is 1. The minimum absolute atomic E-state index is 0.607. The van der Waals surface area contributed by atoms with Crippen LogP contribution < -0.4 is 5.73 Å². The maximum atomic E-state index is 5.90. The van der Waals surface area contributed by atoms with Crippen molar-refractivity contribution in [2.75, 3.05) is 11.5 Å². The summed E-state index contributed by atoms with van der Waals surface area (Å²) in [5.74, 6) is 4.23. The van der Waals surface area contributed by atoms with Crippen LogP contribution in [0.25, 0.3) is 10.2 Å². The van der Waals surface area contributed by atoms with Gasteiger partial charge in [-0.2, -0.15) is 11.8 Å². The number of nitrogens with zero attached hydrogens (tertiary/aromatic N) is 2. The van der Waals surface area contributed by atoms with Crippen LogP contribution in [-0.4, -0.2) is 15.7 Å². The van der Waals surface area contributed by atoms with E-state index in [1.807, 2.05) is 23.2 Å². The van der Waals surface area contributed by atoms with E-state index in [-0.39, 0.29) is 0 Å². The van der Waals surface area contributed by atoms with Gasteiger partial charge in [0.1, 0.15) is 16.5 Å². The Morgan fingerprint density at radius 3 is 3.00 bits per heavy atom. The van der Waals surface area contributed by atoms with Crippen LogP contribution in [0.15, 0.2) is 11.4 Å². The second-order valence-electron chi connectivity index (χ2n) is 4.40. The van der Waals surface area contributed by atoms with Crippen LogP contribution in [0.4, 0.5) is 5.82 Å². The zero-order valence-corrected chi connectivity index (χ0v) is 11.8. The summed E-state index contributed by atoms with van der Waals surface area (Å²) >= 11 is 3.50. The van der Waals surface area contributed by atoms with Gasteiger partial charge in [-0.15, -0.1) is 11.3 Å². The third-order valence-electron chi connectivity index (χ3n) is 2.47. The van der Waals surface area contributed by atoms with Gasteiger partial charge in [-0.05, 0) is 29.5 Å². The molecular weight excluding hydrogens is 250 g/mol. The molecule has 0 fully saturated rings. The Labute approximate surface area is 110 Å². The van der Waals surface area contributed by atoms with Gasteiger partial charge in [-0.1, -0.05) is 13.8 Å². The third kappa shape index (κ3) is 3.33. The topological polar surface area (TPSA) is 51.8 Å². The van der Waals surface area contributed by atoms with Gasteiger partial charge in [0.2, 0.25) is 0 Å². The van der Waals surface area contributed by atoms with Crippen molar-refractivity contribution in [3.63, 3.8) is 0 Å². The Balaban J connectivity index is 1.99. The lowest BCUT2D eigenvalue weighted by molar-refractivity contribution is 0.632. The molecule has 5 heteroatoms. The average Bonchev–Trinajstić information content (AvgIpc) is 2.72. The maximum absolute atomic E-state index is 5.90. The van der Waals surface area contributed by atoms with Crippen LogP contribution in [0.1, 0.15) is 26.1 Å². The molecule has 0 aliphatic heterocycles. The summed E-state index contributed by atoms with van der Waals surface area (Å²) in [6.07, 6.45) is 1.24. The standard InChI is InChI=1S/C12H17N3S2/c1-8(2)3-5-16-7-10-14-11(13)9-4-6-17-12(9)15-10/h4,6,8H,3,5,7H2,1-2H3,(H2,13,14,15). The third-order valence-corrected chi connectivity index (χ3v) is 4.26. The van der Waals surface area contributed by atoms with E-state index < -0.39 is 0 Å². The van der Waals surface area contributed by atoms with E-state index >= 15 is 0 Å². The minimum Gasteiger partial charge on any atom is -0.383 e. The van der Waals surface area contributed by atoms with Gasteiger partial charge in [-0.25, -0.2) is 9.97 Å². The fourth-order valence-corrected chi connectivity index (χ4v) is 3.36. The average molecular weight is 267 g/mol. The number of fused-ring (bicyclic) bond motifs is 1.